The summed E-state index contributed by atoms with van der Waals surface area (Å²) in [5, 5.41) is 3.46. The summed E-state index contributed by atoms with van der Waals surface area (Å²) in [6.45, 7) is 2.27. The van der Waals surface area contributed by atoms with Crippen LogP contribution in [0.4, 0.5) is 4.39 Å². The summed E-state index contributed by atoms with van der Waals surface area (Å²) in [5.41, 5.74) is 1.10. The van der Waals surface area contributed by atoms with Gasteiger partial charge in [-0.15, -0.1) is 0 Å². The third-order valence-electron chi connectivity index (χ3n) is 2.47. The predicted octanol–water partition coefficient (Wildman–Crippen LogP) is 2.93. The number of nitrogens with one attached hydrogen (secondary N) is 1. The van der Waals surface area contributed by atoms with Gasteiger partial charge in [-0.2, -0.15) is 11.8 Å². The summed E-state index contributed by atoms with van der Waals surface area (Å²) in [6.07, 6.45) is 0. The lowest BCUT2D eigenvalue weighted by atomic mass is 10.1. The van der Waals surface area contributed by atoms with Crippen LogP contribution in [-0.4, -0.2) is 18.8 Å². The minimum absolute atomic E-state index is 0.221. The van der Waals surface area contributed by atoms with E-state index in [1.54, 1.807) is 12.1 Å². The summed E-state index contributed by atoms with van der Waals surface area (Å²) in [7, 11) is 0. The van der Waals surface area contributed by atoms with Crippen molar-refractivity contribution in [2.24, 2.45) is 5.92 Å². The van der Waals surface area contributed by atoms with Crippen LogP contribution in [0, 0.1) is 11.7 Å². The van der Waals surface area contributed by atoms with Gasteiger partial charge in [-0.25, -0.2) is 4.39 Å². The van der Waals surface area contributed by atoms with Crippen molar-refractivity contribution in [2.75, 3.05) is 18.8 Å². The van der Waals surface area contributed by atoms with E-state index in [-0.39, 0.29) is 10.8 Å². The van der Waals surface area contributed by atoms with Crippen LogP contribution in [0.25, 0.3) is 0 Å². The second-order valence-corrected chi connectivity index (χ2v) is 5.23. The molecule has 15 heavy (non-hydrogen) atoms. The van der Waals surface area contributed by atoms with E-state index in [4.69, 9.17) is 11.6 Å². The van der Waals surface area contributed by atoms with E-state index in [0.717, 1.165) is 30.3 Å². The Bertz CT molecular complexity index is 341. The topological polar surface area (TPSA) is 12.0 Å². The zero-order valence-corrected chi connectivity index (χ0v) is 9.87. The van der Waals surface area contributed by atoms with Crippen molar-refractivity contribution in [1.82, 2.24) is 5.32 Å². The Morgan fingerprint density at radius 3 is 2.87 bits per heavy atom. The smallest absolute Gasteiger partial charge is 0.141 e. The van der Waals surface area contributed by atoms with Gasteiger partial charge in [0.15, 0.2) is 0 Å². The van der Waals surface area contributed by atoms with Crippen molar-refractivity contribution < 1.29 is 4.39 Å². The molecule has 0 amide bonds. The molecule has 0 unspecified atom stereocenters. The molecular formula is C11H13ClFNS. The van der Waals surface area contributed by atoms with Gasteiger partial charge in [0.05, 0.1) is 5.02 Å². The molecule has 0 aromatic heterocycles. The normalized spacial score (nSPS) is 16.4. The Kier molecular flexibility index (Phi) is 3.89. The van der Waals surface area contributed by atoms with Crippen molar-refractivity contribution in [3.63, 3.8) is 0 Å². The van der Waals surface area contributed by atoms with Crippen LogP contribution in [0.2, 0.25) is 5.02 Å². The van der Waals surface area contributed by atoms with Gasteiger partial charge in [-0.05, 0) is 42.5 Å². The molecular weight excluding hydrogens is 233 g/mol. The third kappa shape index (κ3) is 3.10. The highest BCUT2D eigenvalue weighted by molar-refractivity contribution is 7.98. The van der Waals surface area contributed by atoms with Gasteiger partial charge in [0.2, 0.25) is 0 Å². The van der Waals surface area contributed by atoms with Crippen LogP contribution < -0.4 is 5.32 Å². The Hall–Kier alpha value is -0.250. The predicted molar refractivity (Wildman–Crippen MR) is 63.9 cm³/mol. The lowest BCUT2D eigenvalue weighted by Gasteiger charge is -2.26. The zero-order valence-electron chi connectivity index (χ0n) is 8.30. The standard InChI is InChI=1S/C11H13ClFNS/c12-10-3-8(1-2-11(10)13)6-15-7-9-4-14-5-9/h1-3,9,14H,4-7H2. The molecule has 0 radical (unpaired) electrons. The van der Waals surface area contributed by atoms with Crippen molar-refractivity contribution in [1.29, 1.82) is 0 Å². The Morgan fingerprint density at radius 1 is 1.47 bits per heavy atom. The summed E-state index contributed by atoms with van der Waals surface area (Å²) < 4.78 is 12.9. The fourth-order valence-corrected chi connectivity index (χ4v) is 2.74. The van der Waals surface area contributed by atoms with Gasteiger partial charge in [-0.1, -0.05) is 17.7 Å². The minimum atomic E-state index is -0.339. The Balaban J connectivity index is 1.79. The molecule has 0 saturated carbocycles. The molecule has 1 fully saturated rings. The highest BCUT2D eigenvalue weighted by Crippen LogP contribution is 2.21. The summed E-state index contributed by atoms with van der Waals surface area (Å²) in [4.78, 5) is 0. The summed E-state index contributed by atoms with van der Waals surface area (Å²) in [6, 6.07) is 4.94. The van der Waals surface area contributed by atoms with Gasteiger partial charge in [0.1, 0.15) is 5.82 Å². The average Bonchev–Trinajstić information content (AvgIpc) is 2.15. The SMILES string of the molecule is Fc1ccc(CSCC2CNC2)cc1Cl. The van der Waals surface area contributed by atoms with E-state index >= 15 is 0 Å². The number of thioether (sulfide) groups is 1. The van der Waals surface area contributed by atoms with Crippen molar-refractivity contribution in [3.05, 3.63) is 34.6 Å². The first-order valence-electron chi connectivity index (χ1n) is 4.98. The number of hydrogen-bond donors (Lipinski definition) is 1. The number of rotatable bonds is 4. The molecule has 2 rings (SSSR count). The van der Waals surface area contributed by atoms with Crippen LogP contribution in [0.5, 0.6) is 0 Å². The monoisotopic (exact) mass is 245 g/mol. The van der Waals surface area contributed by atoms with E-state index in [1.165, 1.54) is 11.8 Å². The zero-order chi connectivity index (χ0) is 10.7. The first kappa shape index (κ1) is 11.2. The molecule has 1 aromatic carbocycles. The second-order valence-electron chi connectivity index (χ2n) is 3.79. The molecule has 0 atom stereocenters. The molecule has 4 heteroatoms. The first-order valence-corrected chi connectivity index (χ1v) is 6.51. The third-order valence-corrected chi connectivity index (χ3v) is 4.01. The molecule has 1 heterocycles. The molecule has 82 valence electrons. The molecule has 1 saturated heterocycles. The molecule has 1 nitrogen and oxygen atoms in total. The fourth-order valence-electron chi connectivity index (χ4n) is 1.44. The van der Waals surface area contributed by atoms with E-state index in [9.17, 15) is 4.39 Å². The largest absolute Gasteiger partial charge is 0.316 e. The van der Waals surface area contributed by atoms with Gasteiger partial charge < -0.3 is 5.32 Å². The maximum atomic E-state index is 12.9. The highest BCUT2D eigenvalue weighted by atomic mass is 35.5. The fraction of sp³-hybridized carbons (Fsp3) is 0.455. The van der Waals surface area contributed by atoms with Crippen LogP contribution in [0.15, 0.2) is 18.2 Å². The van der Waals surface area contributed by atoms with Crippen molar-refractivity contribution in [2.45, 2.75) is 5.75 Å². The van der Waals surface area contributed by atoms with Crippen molar-refractivity contribution in [3.8, 4) is 0 Å². The molecule has 0 bridgehead atoms. The average molecular weight is 246 g/mol. The highest BCUT2D eigenvalue weighted by Gasteiger charge is 2.15. The van der Waals surface area contributed by atoms with Gasteiger partial charge in [-0.3, -0.25) is 0 Å². The van der Waals surface area contributed by atoms with Gasteiger partial charge >= 0.3 is 0 Å². The van der Waals surface area contributed by atoms with E-state index in [0.29, 0.717) is 0 Å². The van der Waals surface area contributed by atoms with Crippen LogP contribution in [0.3, 0.4) is 0 Å². The lowest BCUT2D eigenvalue weighted by Crippen LogP contribution is -2.43. The maximum Gasteiger partial charge on any atom is 0.141 e. The molecule has 0 aliphatic carbocycles. The van der Waals surface area contributed by atoms with Gasteiger partial charge in [0, 0.05) is 5.75 Å². The van der Waals surface area contributed by atoms with E-state index < -0.39 is 0 Å². The second kappa shape index (κ2) is 5.19. The summed E-state index contributed by atoms with van der Waals surface area (Å²) >= 11 is 7.58. The van der Waals surface area contributed by atoms with Gasteiger partial charge in [0.25, 0.3) is 0 Å². The van der Waals surface area contributed by atoms with Crippen LogP contribution in [-0.2, 0) is 5.75 Å². The first-order chi connectivity index (χ1) is 7.25. The Labute approximate surface area is 98.4 Å². The number of halogens is 2. The Morgan fingerprint density at radius 2 is 2.27 bits per heavy atom. The number of hydrogen-bond acceptors (Lipinski definition) is 2. The molecule has 0 spiro atoms. The molecule has 1 aliphatic heterocycles. The van der Waals surface area contributed by atoms with Crippen LogP contribution in [0.1, 0.15) is 5.56 Å². The summed E-state index contributed by atoms with van der Waals surface area (Å²) in [5.74, 6) is 2.55. The van der Waals surface area contributed by atoms with E-state index in [1.807, 2.05) is 11.8 Å². The maximum absolute atomic E-state index is 12.9. The quantitative estimate of drug-likeness (QED) is 0.876. The molecule has 1 N–H and O–H groups in total. The number of benzene rings is 1. The minimum Gasteiger partial charge on any atom is -0.316 e. The van der Waals surface area contributed by atoms with Crippen molar-refractivity contribution >= 4 is 23.4 Å². The van der Waals surface area contributed by atoms with Crippen LogP contribution >= 0.6 is 23.4 Å². The molecule has 1 aliphatic rings. The van der Waals surface area contributed by atoms with E-state index in [2.05, 4.69) is 5.32 Å². The lowest BCUT2D eigenvalue weighted by molar-refractivity contribution is 0.385. The molecule has 1 aromatic rings.